The molecule has 0 bridgehead atoms. The Kier molecular flexibility index (Phi) is 3.93. The zero-order valence-electron chi connectivity index (χ0n) is 16.6. The van der Waals surface area contributed by atoms with Gasteiger partial charge in [-0.1, -0.05) is 31.6 Å². The third-order valence-corrected chi connectivity index (χ3v) is 8.70. The lowest BCUT2D eigenvalue weighted by Gasteiger charge is -2.59. The van der Waals surface area contributed by atoms with Gasteiger partial charge in [-0.2, -0.15) is 0 Å². The van der Waals surface area contributed by atoms with Crippen LogP contribution in [0, 0.1) is 34.4 Å². The van der Waals surface area contributed by atoms with E-state index < -0.39 is 5.92 Å². The Bertz CT molecular complexity index is 872. The molecule has 3 saturated carbocycles. The summed E-state index contributed by atoms with van der Waals surface area (Å²) < 4.78 is 41.9. The van der Waals surface area contributed by atoms with Crippen LogP contribution in [-0.2, 0) is 0 Å². The predicted octanol–water partition coefficient (Wildman–Crippen LogP) is 6.81. The third kappa shape index (κ3) is 2.55. The number of halogens is 3. The summed E-state index contributed by atoms with van der Waals surface area (Å²) in [5.41, 5.74) is 3.41. The molecule has 0 amide bonds. The molecule has 1 unspecified atom stereocenters. The Hall–Kier alpha value is -1.58. The van der Waals surface area contributed by atoms with E-state index in [1.54, 1.807) is 12.3 Å². The van der Waals surface area contributed by atoms with Crippen molar-refractivity contribution in [2.45, 2.75) is 64.7 Å². The van der Waals surface area contributed by atoms with Crippen molar-refractivity contribution in [1.29, 1.82) is 0 Å². The minimum atomic E-state index is -2.48. The van der Waals surface area contributed by atoms with E-state index in [1.165, 1.54) is 11.8 Å². The molecule has 1 aromatic heterocycles. The summed E-state index contributed by atoms with van der Waals surface area (Å²) >= 11 is 0. The van der Waals surface area contributed by atoms with E-state index in [4.69, 9.17) is 0 Å². The van der Waals surface area contributed by atoms with E-state index in [9.17, 15) is 13.2 Å². The molecule has 0 radical (unpaired) electrons. The molecule has 1 aromatic rings. The van der Waals surface area contributed by atoms with Gasteiger partial charge in [-0.25, -0.2) is 13.2 Å². The minimum Gasteiger partial charge on any atom is -0.261 e. The summed E-state index contributed by atoms with van der Waals surface area (Å²) in [6, 6.07) is 1.58. The SMILES string of the molecule is C[C@]12CC[C@H]3[C@@H](CCC4CC(F)(F)CC[C@@]43C)C1=CC=C2c1cncc(F)c1. The number of hydrogen-bond donors (Lipinski definition) is 0. The minimum absolute atomic E-state index is 0.0237. The first-order valence-electron chi connectivity index (χ1n) is 10.6. The van der Waals surface area contributed by atoms with E-state index in [0.717, 1.165) is 36.8 Å². The number of allylic oxidation sites excluding steroid dienone is 4. The van der Waals surface area contributed by atoms with Crippen LogP contribution in [0.1, 0.15) is 64.4 Å². The molecule has 4 aliphatic rings. The molecule has 0 spiro atoms. The molecular formula is C24H28F3N. The zero-order valence-corrected chi connectivity index (χ0v) is 16.6. The number of alkyl halides is 2. The lowest BCUT2D eigenvalue weighted by Crippen LogP contribution is -2.52. The van der Waals surface area contributed by atoms with Gasteiger partial charge in [0.25, 0.3) is 0 Å². The van der Waals surface area contributed by atoms with Crippen LogP contribution in [0.5, 0.6) is 0 Å². The smallest absolute Gasteiger partial charge is 0.248 e. The first-order chi connectivity index (χ1) is 13.2. The quantitative estimate of drug-likeness (QED) is 0.516. The van der Waals surface area contributed by atoms with Crippen LogP contribution in [0.15, 0.2) is 36.2 Å². The van der Waals surface area contributed by atoms with Crippen LogP contribution in [0.3, 0.4) is 0 Å². The topological polar surface area (TPSA) is 12.9 Å². The number of pyridine rings is 1. The average Bonchev–Trinajstić information content (AvgIpc) is 2.99. The van der Waals surface area contributed by atoms with E-state index in [-0.39, 0.29) is 35.4 Å². The summed E-state index contributed by atoms with van der Waals surface area (Å²) in [5.74, 6) is -1.70. The Morgan fingerprint density at radius 3 is 2.61 bits per heavy atom. The molecule has 0 aliphatic heterocycles. The number of rotatable bonds is 1. The van der Waals surface area contributed by atoms with Gasteiger partial charge in [0.1, 0.15) is 5.82 Å². The van der Waals surface area contributed by atoms with Gasteiger partial charge in [0, 0.05) is 24.5 Å². The van der Waals surface area contributed by atoms with Gasteiger partial charge >= 0.3 is 0 Å². The standard InChI is InChI=1S/C24H28F3N/c1-22-9-10-24(26,27)12-16(22)3-4-18-20-6-5-19(15-11-17(25)14-28-13-15)23(20,2)8-7-21(18)22/h5-6,11,13-14,16,18,21H,3-4,7-10,12H2,1-2H3/t16?,18-,21-,22-,23+/m0/s1. The molecule has 5 atom stereocenters. The maximum absolute atomic E-state index is 14.1. The molecule has 28 heavy (non-hydrogen) atoms. The van der Waals surface area contributed by atoms with Crippen LogP contribution in [-0.4, -0.2) is 10.9 Å². The first-order valence-corrected chi connectivity index (χ1v) is 10.6. The van der Waals surface area contributed by atoms with Crippen molar-refractivity contribution in [3.8, 4) is 0 Å². The van der Waals surface area contributed by atoms with Crippen LogP contribution in [0.25, 0.3) is 5.57 Å². The van der Waals surface area contributed by atoms with Crippen molar-refractivity contribution < 1.29 is 13.2 Å². The van der Waals surface area contributed by atoms with E-state index >= 15 is 0 Å². The molecule has 3 fully saturated rings. The first kappa shape index (κ1) is 18.4. The molecule has 5 rings (SSSR count). The largest absolute Gasteiger partial charge is 0.261 e. The average molecular weight is 387 g/mol. The highest BCUT2D eigenvalue weighted by molar-refractivity contribution is 5.78. The number of hydrogen-bond acceptors (Lipinski definition) is 1. The fourth-order valence-electron chi connectivity index (χ4n) is 7.14. The maximum atomic E-state index is 14.1. The number of aromatic nitrogens is 1. The summed E-state index contributed by atoms with van der Waals surface area (Å²) in [6.07, 6.45) is 12.1. The van der Waals surface area contributed by atoms with Gasteiger partial charge in [-0.15, -0.1) is 0 Å². The van der Waals surface area contributed by atoms with Crippen molar-refractivity contribution in [1.82, 2.24) is 4.98 Å². The van der Waals surface area contributed by atoms with Gasteiger partial charge in [-0.05, 0) is 72.5 Å². The number of nitrogens with zero attached hydrogens (tertiary/aromatic N) is 1. The van der Waals surface area contributed by atoms with Crippen molar-refractivity contribution in [3.05, 3.63) is 47.6 Å². The molecule has 1 heterocycles. The summed E-state index contributed by atoms with van der Waals surface area (Å²) in [5, 5.41) is 0. The van der Waals surface area contributed by atoms with Crippen LogP contribution in [0.2, 0.25) is 0 Å². The molecule has 0 saturated heterocycles. The van der Waals surface area contributed by atoms with Gasteiger partial charge in [0.2, 0.25) is 5.92 Å². The van der Waals surface area contributed by atoms with Gasteiger partial charge in [0.05, 0.1) is 6.20 Å². The highest BCUT2D eigenvalue weighted by atomic mass is 19.3. The highest BCUT2D eigenvalue weighted by Crippen LogP contribution is 2.67. The second-order valence-electron chi connectivity index (χ2n) is 10.0. The molecule has 0 aromatic carbocycles. The van der Waals surface area contributed by atoms with Crippen LogP contribution < -0.4 is 0 Å². The molecular weight excluding hydrogens is 359 g/mol. The summed E-state index contributed by atoms with van der Waals surface area (Å²) in [4.78, 5) is 4.05. The van der Waals surface area contributed by atoms with Crippen LogP contribution in [0.4, 0.5) is 13.2 Å². The molecule has 4 aliphatic carbocycles. The summed E-state index contributed by atoms with van der Waals surface area (Å²) in [7, 11) is 0. The Labute approximate surface area is 165 Å². The lowest BCUT2D eigenvalue weighted by atomic mass is 9.46. The van der Waals surface area contributed by atoms with Crippen LogP contribution >= 0.6 is 0 Å². The Morgan fingerprint density at radius 2 is 1.82 bits per heavy atom. The monoisotopic (exact) mass is 387 g/mol. The van der Waals surface area contributed by atoms with Crippen molar-refractivity contribution in [2.24, 2.45) is 28.6 Å². The maximum Gasteiger partial charge on any atom is 0.248 e. The number of fused-ring (bicyclic) bond motifs is 5. The normalized spacial score (nSPS) is 41.4. The Balaban J connectivity index is 1.45. The van der Waals surface area contributed by atoms with Crippen molar-refractivity contribution in [2.75, 3.05) is 0 Å². The lowest BCUT2D eigenvalue weighted by molar-refractivity contribution is -0.139. The van der Waals surface area contributed by atoms with Crippen molar-refractivity contribution >= 4 is 5.57 Å². The molecule has 0 N–H and O–H groups in total. The fraction of sp³-hybridized carbons (Fsp3) is 0.625. The zero-order chi connectivity index (χ0) is 19.7. The van der Waals surface area contributed by atoms with Crippen molar-refractivity contribution in [3.63, 3.8) is 0 Å². The molecule has 150 valence electrons. The Morgan fingerprint density at radius 1 is 1.00 bits per heavy atom. The van der Waals surface area contributed by atoms with Gasteiger partial charge in [-0.3, -0.25) is 4.98 Å². The second kappa shape index (κ2) is 5.96. The summed E-state index contributed by atoms with van der Waals surface area (Å²) in [6.45, 7) is 4.56. The molecule has 1 nitrogen and oxygen atoms in total. The van der Waals surface area contributed by atoms with E-state index in [2.05, 4.69) is 31.0 Å². The second-order valence-corrected chi connectivity index (χ2v) is 10.0. The van der Waals surface area contributed by atoms with E-state index in [0.29, 0.717) is 18.3 Å². The third-order valence-electron chi connectivity index (χ3n) is 8.70. The van der Waals surface area contributed by atoms with E-state index in [1.807, 2.05) is 0 Å². The molecule has 4 heteroatoms. The van der Waals surface area contributed by atoms with Gasteiger partial charge < -0.3 is 0 Å². The highest BCUT2D eigenvalue weighted by Gasteiger charge is 2.58. The predicted molar refractivity (Wildman–Crippen MR) is 104 cm³/mol. The fourth-order valence-corrected chi connectivity index (χ4v) is 7.14. The van der Waals surface area contributed by atoms with Gasteiger partial charge in [0.15, 0.2) is 0 Å².